The Morgan fingerprint density at radius 1 is 1.18 bits per heavy atom. The summed E-state index contributed by atoms with van der Waals surface area (Å²) in [4.78, 5) is 23.5. The molecule has 0 aromatic heterocycles. The van der Waals surface area contributed by atoms with Gasteiger partial charge in [0.05, 0.1) is 25.6 Å². The first-order valence-electron chi connectivity index (χ1n) is 6.08. The van der Waals surface area contributed by atoms with Crippen molar-refractivity contribution in [1.82, 2.24) is 0 Å². The van der Waals surface area contributed by atoms with Gasteiger partial charge in [0.2, 0.25) is 0 Å². The van der Waals surface area contributed by atoms with Crippen molar-refractivity contribution in [2.45, 2.75) is 31.8 Å². The summed E-state index contributed by atoms with van der Waals surface area (Å²) in [5.74, 6) is -1.25. The monoisotopic (exact) mass is 242 g/mol. The molecule has 1 aliphatic heterocycles. The van der Waals surface area contributed by atoms with Crippen LogP contribution < -0.4 is 0 Å². The predicted molar refractivity (Wildman–Crippen MR) is 58.2 cm³/mol. The maximum absolute atomic E-state index is 11.9. The molecule has 2 fully saturated rings. The Labute approximate surface area is 100 Å². The maximum Gasteiger partial charge on any atom is 0.309 e. The Kier molecular flexibility index (Phi) is 3.99. The van der Waals surface area contributed by atoms with Crippen molar-refractivity contribution in [2.75, 3.05) is 20.3 Å². The summed E-state index contributed by atoms with van der Waals surface area (Å²) in [6, 6.07) is 0. The molecular weight excluding hydrogens is 224 g/mol. The number of hydrogen-bond acceptors (Lipinski definition) is 5. The molecule has 96 valence electrons. The van der Waals surface area contributed by atoms with Crippen LogP contribution in [0.4, 0.5) is 0 Å². The van der Waals surface area contributed by atoms with E-state index in [-0.39, 0.29) is 29.9 Å². The first-order valence-corrected chi connectivity index (χ1v) is 6.08. The molecule has 5 heteroatoms. The minimum Gasteiger partial charge on any atom is -0.469 e. The topological polar surface area (TPSA) is 65.1 Å². The Balaban J connectivity index is 1.89. The smallest absolute Gasteiger partial charge is 0.309 e. The molecule has 1 saturated heterocycles. The number of carbonyl (C=O) groups is 2. The minimum absolute atomic E-state index is 0.0686. The predicted octanol–water partition coefficient (Wildman–Crippen LogP) is 0.908. The highest BCUT2D eigenvalue weighted by molar-refractivity contribution is 5.82. The summed E-state index contributed by atoms with van der Waals surface area (Å²) in [7, 11) is 1.36. The van der Waals surface area contributed by atoms with Gasteiger partial charge in [-0.25, -0.2) is 0 Å². The third kappa shape index (κ3) is 3.19. The van der Waals surface area contributed by atoms with Crippen molar-refractivity contribution >= 4 is 11.9 Å². The molecule has 0 N–H and O–H groups in total. The summed E-state index contributed by atoms with van der Waals surface area (Å²) in [5.41, 5.74) is 0. The van der Waals surface area contributed by atoms with Crippen LogP contribution >= 0.6 is 0 Å². The number of methoxy groups -OCH3 is 1. The van der Waals surface area contributed by atoms with E-state index in [4.69, 9.17) is 14.2 Å². The third-order valence-electron chi connectivity index (χ3n) is 3.39. The lowest BCUT2D eigenvalue weighted by Gasteiger charge is -2.27. The molecule has 2 rings (SSSR count). The molecule has 1 saturated carbocycles. The van der Waals surface area contributed by atoms with Gasteiger partial charge in [0, 0.05) is 0 Å². The van der Waals surface area contributed by atoms with Crippen LogP contribution in [0, 0.1) is 11.8 Å². The number of hydrogen-bond donors (Lipinski definition) is 0. The second-order valence-corrected chi connectivity index (χ2v) is 4.61. The lowest BCUT2D eigenvalue weighted by molar-refractivity contribution is -0.161. The van der Waals surface area contributed by atoms with Gasteiger partial charge in [0.25, 0.3) is 0 Å². The molecule has 0 aromatic rings. The average molecular weight is 242 g/mol. The van der Waals surface area contributed by atoms with Crippen LogP contribution in [0.1, 0.15) is 25.7 Å². The van der Waals surface area contributed by atoms with E-state index in [1.807, 2.05) is 0 Å². The van der Waals surface area contributed by atoms with Crippen LogP contribution in [0.25, 0.3) is 0 Å². The van der Waals surface area contributed by atoms with E-state index in [0.29, 0.717) is 26.1 Å². The third-order valence-corrected chi connectivity index (χ3v) is 3.39. The summed E-state index contributed by atoms with van der Waals surface area (Å²) in [5, 5.41) is 0. The summed E-state index contributed by atoms with van der Waals surface area (Å²) in [6.07, 6.45) is 3.43. The lowest BCUT2D eigenvalue weighted by Crippen LogP contribution is -2.35. The van der Waals surface area contributed by atoms with E-state index in [9.17, 15) is 9.59 Å². The van der Waals surface area contributed by atoms with Gasteiger partial charge in [-0.3, -0.25) is 9.59 Å². The Bertz CT molecular complexity index is 297. The summed E-state index contributed by atoms with van der Waals surface area (Å²) >= 11 is 0. The second-order valence-electron chi connectivity index (χ2n) is 4.61. The normalized spacial score (nSPS) is 31.7. The molecule has 1 aliphatic carbocycles. The Morgan fingerprint density at radius 3 is 2.29 bits per heavy atom. The van der Waals surface area contributed by atoms with Crippen molar-refractivity contribution in [2.24, 2.45) is 11.8 Å². The average Bonchev–Trinajstić information content (AvgIpc) is 3.19. The zero-order valence-corrected chi connectivity index (χ0v) is 10.0. The van der Waals surface area contributed by atoms with E-state index >= 15 is 0 Å². The molecule has 17 heavy (non-hydrogen) atoms. The number of epoxide rings is 1. The van der Waals surface area contributed by atoms with E-state index in [0.717, 1.165) is 12.8 Å². The van der Waals surface area contributed by atoms with Gasteiger partial charge in [-0.2, -0.15) is 0 Å². The number of rotatable bonds is 4. The van der Waals surface area contributed by atoms with Crippen LogP contribution in [-0.2, 0) is 23.8 Å². The van der Waals surface area contributed by atoms with Gasteiger partial charge in [-0.1, -0.05) is 12.8 Å². The van der Waals surface area contributed by atoms with Crippen LogP contribution in [0.5, 0.6) is 0 Å². The summed E-state index contributed by atoms with van der Waals surface area (Å²) < 4.78 is 14.9. The molecule has 1 heterocycles. The van der Waals surface area contributed by atoms with E-state index in [1.165, 1.54) is 7.11 Å². The van der Waals surface area contributed by atoms with Crippen molar-refractivity contribution < 1.29 is 23.8 Å². The van der Waals surface area contributed by atoms with Crippen molar-refractivity contribution in [1.29, 1.82) is 0 Å². The van der Waals surface area contributed by atoms with E-state index < -0.39 is 0 Å². The fraction of sp³-hybridized carbons (Fsp3) is 0.833. The van der Waals surface area contributed by atoms with Crippen LogP contribution in [-0.4, -0.2) is 38.4 Å². The molecule has 0 aromatic carbocycles. The van der Waals surface area contributed by atoms with E-state index in [2.05, 4.69) is 0 Å². The molecule has 0 amide bonds. The van der Waals surface area contributed by atoms with E-state index in [1.54, 1.807) is 0 Å². The molecule has 2 aliphatic rings. The maximum atomic E-state index is 11.9. The first-order chi connectivity index (χ1) is 8.22. The summed E-state index contributed by atoms with van der Waals surface area (Å²) in [6.45, 7) is 0.974. The molecular formula is C12H18O5. The highest BCUT2D eigenvalue weighted by Gasteiger charge is 2.38. The van der Waals surface area contributed by atoms with Gasteiger partial charge in [-0.15, -0.1) is 0 Å². The van der Waals surface area contributed by atoms with Gasteiger partial charge >= 0.3 is 11.9 Å². The van der Waals surface area contributed by atoms with Crippen LogP contribution in [0.3, 0.4) is 0 Å². The number of carbonyl (C=O) groups excluding carboxylic acids is 2. The van der Waals surface area contributed by atoms with Crippen molar-refractivity contribution in [3.63, 3.8) is 0 Å². The largest absolute Gasteiger partial charge is 0.469 e. The molecule has 0 spiro atoms. The molecule has 0 bridgehead atoms. The Hall–Kier alpha value is -1.10. The zero-order valence-electron chi connectivity index (χ0n) is 10.0. The van der Waals surface area contributed by atoms with Gasteiger partial charge < -0.3 is 14.2 Å². The number of esters is 2. The Morgan fingerprint density at radius 2 is 1.76 bits per heavy atom. The highest BCUT2D eigenvalue weighted by Crippen LogP contribution is 2.32. The molecule has 3 atom stereocenters. The van der Waals surface area contributed by atoms with Crippen LogP contribution in [0.15, 0.2) is 0 Å². The lowest BCUT2D eigenvalue weighted by atomic mass is 9.79. The molecule has 5 nitrogen and oxygen atoms in total. The van der Waals surface area contributed by atoms with Gasteiger partial charge in [0.15, 0.2) is 0 Å². The van der Waals surface area contributed by atoms with Crippen LogP contribution in [0.2, 0.25) is 0 Å². The quantitative estimate of drug-likeness (QED) is 0.541. The minimum atomic E-state index is -0.338. The van der Waals surface area contributed by atoms with Gasteiger partial charge in [0.1, 0.15) is 12.7 Å². The SMILES string of the molecule is COC(=O)C1CCCCC1C(=O)OCC1CO1. The number of ether oxygens (including phenoxy) is 3. The molecule has 3 unspecified atom stereocenters. The first kappa shape index (κ1) is 12.4. The zero-order chi connectivity index (χ0) is 12.3. The fourth-order valence-corrected chi connectivity index (χ4v) is 2.29. The molecule has 0 radical (unpaired) electrons. The standard InChI is InChI=1S/C12H18O5/c1-15-11(13)9-4-2-3-5-10(9)12(14)17-7-8-6-16-8/h8-10H,2-7H2,1H3. The van der Waals surface area contributed by atoms with Crippen molar-refractivity contribution in [3.05, 3.63) is 0 Å². The highest BCUT2D eigenvalue weighted by atomic mass is 16.6. The second kappa shape index (κ2) is 5.49. The van der Waals surface area contributed by atoms with Gasteiger partial charge in [-0.05, 0) is 12.8 Å². The fourth-order valence-electron chi connectivity index (χ4n) is 2.29. The van der Waals surface area contributed by atoms with Crippen molar-refractivity contribution in [3.8, 4) is 0 Å².